The Labute approximate surface area is 199 Å². The molecule has 3 aromatic rings. The van der Waals surface area contributed by atoms with E-state index < -0.39 is 11.6 Å². The zero-order valence-electron chi connectivity index (χ0n) is 19.4. The van der Waals surface area contributed by atoms with Crippen LogP contribution in [0.5, 0.6) is 5.75 Å². The minimum Gasteiger partial charge on any atom is -0.486 e. The third kappa shape index (κ3) is 5.11. The molecule has 1 atom stereocenters. The molecule has 3 aromatic carbocycles. The van der Waals surface area contributed by atoms with Gasteiger partial charge in [-0.2, -0.15) is 4.39 Å². The summed E-state index contributed by atoms with van der Waals surface area (Å²) in [6, 6.07) is 15.0. The summed E-state index contributed by atoms with van der Waals surface area (Å²) in [4.78, 5) is 0. The molecule has 1 nitrogen and oxygen atoms in total. The third-order valence-corrected chi connectivity index (χ3v) is 6.47. The van der Waals surface area contributed by atoms with Crippen LogP contribution in [0, 0.1) is 23.4 Å². The molecule has 1 unspecified atom stereocenters. The molecule has 4 rings (SSSR count). The summed E-state index contributed by atoms with van der Waals surface area (Å²) in [5.41, 5.74) is 3.93. The van der Waals surface area contributed by atoms with Gasteiger partial charge in [0.05, 0.1) is 0 Å². The van der Waals surface area contributed by atoms with Crippen molar-refractivity contribution in [3.05, 3.63) is 96.3 Å². The molecule has 0 N–H and O–H groups in total. The highest BCUT2D eigenvalue weighted by Crippen LogP contribution is 2.35. The third-order valence-electron chi connectivity index (χ3n) is 6.47. The lowest BCUT2D eigenvalue weighted by Crippen LogP contribution is -2.05. The number of allylic oxidation sites excluding steroid dienone is 2. The lowest BCUT2D eigenvalue weighted by atomic mass is 9.84. The Morgan fingerprint density at radius 1 is 0.912 bits per heavy atom. The van der Waals surface area contributed by atoms with Crippen molar-refractivity contribution in [2.24, 2.45) is 5.92 Å². The minimum absolute atomic E-state index is 0.0887. The van der Waals surface area contributed by atoms with Crippen LogP contribution < -0.4 is 4.74 Å². The Kier molecular flexibility index (Phi) is 7.56. The molecule has 0 fully saturated rings. The Bertz CT molecular complexity index is 1190. The summed E-state index contributed by atoms with van der Waals surface area (Å²) in [5.74, 6) is -1.72. The van der Waals surface area contributed by atoms with E-state index in [1.54, 1.807) is 36.4 Å². The highest BCUT2D eigenvalue weighted by molar-refractivity contribution is 5.74. The fourth-order valence-corrected chi connectivity index (χ4v) is 4.61. The van der Waals surface area contributed by atoms with E-state index in [1.807, 2.05) is 6.07 Å². The van der Waals surface area contributed by atoms with Gasteiger partial charge in [-0.25, -0.2) is 8.78 Å². The number of ether oxygens (including phenoxy) is 1. The van der Waals surface area contributed by atoms with Crippen molar-refractivity contribution in [3.8, 4) is 28.0 Å². The first kappa shape index (κ1) is 23.9. The molecular weight excluding hydrogens is 433 g/mol. The van der Waals surface area contributed by atoms with Gasteiger partial charge in [0.15, 0.2) is 11.6 Å². The monoisotopic (exact) mass is 462 g/mol. The molecule has 0 saturated heterocycles. The Hall–Kier alpha value is -3.27. The lowest BCUT2D eigenvalue weighted by molar-refractivity contribution is 0.333. The molecule has 1 aliphatic rings. The van der Waals surface area contributed by atoms with E-state index >= 15 is 4.39 Å². The van der Waals surface area contributed by atoms with E-state index in [2.05, 4.69) is 19.6 Å². The second-order valence-corrected chi connectivity index (χ2v) is 8.77. The number of halogens is 3. The van der Waals surface area contributed by atoms with E-state index in [-0.39, 0.29) is 23.7 Å². The van der Waals surface area contributed by atoms with Crippen LogP contribution in [0.2, 0.25) is 0 Å². The molecule has 1 aliphatic carbocycles. The van der Waals surface area contributed by atoms with Crippen molar-refractivity contribution in [3.63, 3.8) is 0 Å². The Morgan fingerprint density at radius 3 is 2.21 bits per heavy atom. The molecule has 0 bridgehead atoms. The maximum atomic E-state index is 15.0. The summed E-state index contributed by atoms with van der Waals surface area (Å²) < 4.78 is 49.1. The zero-order chi connectivity index (χ0) is 24.1. The second-order valence-electron chi connectivity index (χ2n) is 8.77. The fraction of sp³-hybridized carbons (Fsp3) is 0.267. The average molecular weight is 463 g/mol. The van der Waals surface area contributed by atoms with Crippen LogP contribution in [0.15, 0.2) is 73.3 Å². The van der Waals surface area contributed by atoms with Crippen LogP contribution in [0.25, 0.3) is 27.8 Å². The quantitative estimate of drug-likeness (QED) is 0.304. The van der Waals surface area contributed by atoms with Crippen molar-refractivity contribution < 1.29 is 17.9 Å². The second kappa shape index (κ2) is 10.8. The predicted molar refractivity (Wildman–Crippen MR) is 133 cm³/mol. The van der Waals surface area contributed by atoms with Crippen LogP contribution >= 0.6 is 0 Å². The first-order valence-corrected chi connectivity index (χ1v) is 11.8. The summed E-state index contributed by atoms with van der Waals surface area (Å²) in [6.45, 7) is 5.80. The summed E-state index contributed by atoms with van der Waals surface area (Å²) in [6.07, 6.45) is 9.37. The SMILES string of the molecule is C=CCOc1ccc(-c2ccc(-c3ccc(C4=CCC(CCC)CC4)cc3F)cc2)c(F)c1F. The highest BCUT2D eigenvalue weighted by atomic mass is 19.2. The van der Waals surface area contributed by atoms with Crippen LogP contribution in [0.3, 0.4) is 0 Å². The number of hydrogen-bond donors (Lipinski definition) is 0. The zero-order valence-corrected chi connectivity index (χ0v) is 19.4. The predicted octanol–water partition coefficient (Wildman–Crippen LogP) is 8.99. The van der Waals surface area contributed by atoms with Crippen molar-refractivity contribution in [1.29, 1.82) is 0 Å². The van der Waals surface area contributed by atoms with E-state index in [1.165, 1.54) is 36.6 Å². The largest absolute Gasteiger partial charge is 0.486 e. The van der Waals surface area contributed by atoms with E-state index in [9.17, 15) is 8.78 Å². The first-order valence-electron chi connectivity index (χ1n) is 11.8. The van der Waals surface area contributed by atoms with Crippen LogP contribution in [-0.2, 0) is 0 Å². The highest BCUT2D eigenvalue weighted by Gasteiger charge is 2.18. The maximum absolute atomic E-state index is 15.0. The Morgan fingerprint density at radius 2 is 1.59 bits per heavy atom. The summed E-state index contributed by atoms with van der Waals surface area (Å²) in [7, 11) is 0. The van der Waals surface area contributed by atoms with Crippen LogP contribution in [0.1, 0.15) is 44.6 Å². The van der Waals surface area contributed by atoms with Gasteiger partial charge < -0.3 is 4.74 Å². The summed E-state index contributed by atoms with van der Waals surface area (Å²) >= 11 is 0. The van der Waals surface area contributed by atoms with Gasteiger partial charge in [-0.1, -0.05) is 74.9 Å². The normalized spacial score (nSPS) is 15.6. The molecule has 0 aromatic heterocycles. The average Bonchev–Trinajstić information content (AvgIpc) is 2.86. The van der Waals surface area contributed by atoms with Gasteiger partial charge >= 0.3 is 0 Å². The van der Waals surface area contributed by atoms with E-state index in [0.29, 0.717) is 16.7 Å². The molecule has 0 radical (unpaired) electrons. The Balaban J connectivity index is 1.53. The van der Waals surface area contributed by atoms with Gasteiger partial charge in [-0.15, -0.1) is 0 Å². The van der Waals surface area contributed by atoms with Gasteiger partial charge in [0, 0.05) is 11.1 Å². The van der Waals surface area contributed by atoms with Gasteiger partial charge in [0.1, 0.15) is 12.4 Å². The number of rotatable bonds is 8. The van der Waals surface area contributed by atoms with Gasteiger partial charge in [0.25, 0.3) is 0 Å². The lowest BCUT2D eigenvalue weighted by Gasteiger charge is -2.22. The number of hydrogen-bond acceptors (Lipinski definition) is 1. The molecule has 34 heavy (non-hydrogen) atoms. The van der Waals surface area contributed by atoms with Crippen LogP contribution in [-0.4, -0.2) is 6.61 Å². The van der Waals surface area contributed by atoms with Gasteiger partial charge in [-0.3, -0.25) is 0 Å². The van der Waals surface area contributed by atoms with Crippen LogP contribution in [0.4, 0.5) is 13.2 Å². The van der Waals surface area contributed by atoms with Gasteiger partial charge in [-0.05, 0) is 65.6 Å². The van der Waals surface area contributed by atoms with Gasteiger partial charge in [0.2, 0.25) is 5.82 Å². The van der Waals surface area contributed by atoms with Crippen molar-refractivity contribution in [1.82, 2.24) is 0 Å². The fourth-order valence-electron chi connectivity index (χ4n) is 4.61. The number of benzene rings is 3. The maximum Gasteiger partial charge on any atom is 0.201 e. The molecular formula is C30H29F3O. The molecule has 176 valence electrons. The topological polar surface area (TPSA) is 9.23 Å². The van der Waals surface area contributed by atoms with Crippen molar-refractivity contribution in [2.45, 2.75) is 39.0 Å². The first-order chi connectivity index (χ1) is 16.5. The van der Waals surface area contributed by atoms with Crippen molar-refractivity contribution >= 4 is 5.57 Å². The molecule has 0 amide bonds. The van der Waals surface area contributed by atoms with Crippen molar-refractivity contribution in [2.75, 3.05) is 6.61 Å². The van der Waals surface area contributed by atoms with E-state index in [0.717, 1.165) is 30.7 Å². The summed E-state index contributed by atoms with van der Waals surface area (Å²) in [5, 5.41) is 0. The molecule has 0 aliphatic heterocycles. The molecule has 0 heterocycles. The molecule has 0 spiro atoms. The minimum atomic E-state index is -1.04. The van der Waals surface area contributed by atoms with E-state index in [4.69, 9.17) is 4.74 Å². The standard InChI is InChI=1S/C30H29F3O/c1-3-5-20-6-8-21(9-7-20)24-14-15-25(27(31)19-24)22-10-12-23(13-11-22)26-16-17-28(34-18-4-2)30(33)29(26)32/h4,8,10-17,19-20H,2-3,5-7,9,18H2,1H3. The molecule has 0 saturated carbocycles. The molecule has 4 heteroatoms. The smallest absolute Gasteiger partial charge is 0.201 e.